The highest BCUT2D eigenvalue weighted by Gasteiger charge is 2.34. The van der Waals surface area contributed by atoms with Gasteiger partial charge in [0.05, 0.1) is 10.6 Å². The number of carbonyl (C=O) groups is 3. The maximum Gasteiger partial charge on any atom is 0.270 e. The molecule has 3 aromatic carbocycles. The monoisotopic (exact) mass is 493 g/mol. The van der Waals surface area contributed by atoms with Crippen LogP contribution in [0.5, 0.6) is 0 Å². The maximum absolute atomic E-state index is 13.3. The van der Waals surface area contributed by atoms with Gasteiger partial charge in [-0.05, 0) is 24.3 Å². The fourth-order valence-electron chi connectivity index (χ4n) is 4.32. The molecule has 1 saturated heterocycles. The minimum atomic E-state index is -0.223. The first-order valence-electron chi connectivity index (χ1n) is 10.8. The van der Waals surface area contributed by atoms with Crippen LogP contribution in [-0.4, -0.2) is 21.8 Å². The van der Waals surface area contributed by atoms with E-state index in [-0.39, 0.29) is 17.5 Å². The maximum atomic E-state index is 13.3. The summed E-state index contributed by atoms with van der Waals surface area (Å²) in [7, 11) is 0. The van der Waals surface area contributed by atoms with Crippen LogP contribution in [0.1, 0.15) is 37.6 Å². The lowest BCUT2D eigenvalue weighted by Gasteiger charge is -2.19. The molecule has 0 N–H and O–H groups in total. The first kappa shape index (κ1) is 21.5. The smallest absolute Gasteiger partial charge is 0.270 e. The summed E-state index contributed by atoms with van der Waals surface area (Å²) in [5.74, 6) is 0.257. The Bertz CT molecular complexity index is 1600. The zero-order valence-electron chi connectivity index (χ0n) is 18.1. The molecular weight excluding hydrogens is 478 g/mol. The highest BCUT2D eigenvalue weighted by atomic mass is 32.2. The third-order valence-electron chi connectivity index (χ3n) is 5.93. The van der Waals surface area contributed by atoms with Crippen molar-refractivity contribution >= 4 is 57.5 Å². The van der Waals surface area contributed by atoms with Crippen LogP contribution in [0.2, 0.25) is 0 Å². The van der Waals surface area contributed by atoms with Gasteiger partial charge in [0.2, 0.25) is 0 Å². The molecule has 1 aromatic heterocycles. The highest BCUT2D eigenvalue weighted by Crippen LogP contribution is 2.38. The van der Waals surface area contributed by atoms with Crippen LogP contribution in [0.25, 0.3) is 17.4 Å². The van der Waals surface area contributed by atoms with E-state index < -0.39 is 0 Å². The van der Waals surface area contributed by atoms with Crippen molar-refractivity contribution in [2.75, 3.05) is 4.90 Å². The second-order valence-electron chi connectivity index (χ2n) is 7.99. The van der Waals surface area contributed by atoms with E-state index in [2.05, 4.69) is 0 Å². The van der Waals surface area contributed by atoms with Gasteiger partial charge in [0.15, 0.2) is 15.9 Å². The summed E-state index contributed by atoms with van der Waals surface area (Å²) in [6.45, 7) is 0. The van der Waals surface area contributed by atoms with Crippen LogP contribution >= 0.6 is 24.0 Å². The molecule has 7 heteroatoms. The van der Waals surface area contributed by atoms with Crippen LogP contribution in [0.15, 0.2) is 94.3 Å². The summed E-state index contributed by atoms with van der Waals surface area (Å²) in [5.41, 5.74) is 2.71. The number of rotatable bonds is 3. The number of nitrogens with zero attached hydrogens (tertiary/aromatic N) is 1. The number of fused-ring (bicyclic) bond motifs is 2. The highest BCUT2D eigenvalue weighted by molar-refractivity contribution is 8.27. The van der Waals surface area contributed by atoms with Gasteiger partial charge in [-0.1, -0.05) is 84.6 Å². The topological polar surface area (TPSA) is 67.6 Å². The Hall–Kier alpha value is -4.07. The van der Waals surface area contributed by atoms with Crippen molar-refractivity contribution < 1.29 is 18.8 Å². The molecule has 2 aliphatic rings. The summed E-state index contributed by atoms with van der Waals surface area (Å²) in [6.07, 6.45) is 1.64. The normalized spacial score (nSPS) is 16.1. The molecule has 1 aliphatic heterocycles. The van der Waals surface area contributed by atoms with Crippen molar-refractivity contribution in [1.29, 1.82) is 0 Å². The van der Waals surface area contributed by atoms with Crippen LogP contribution in [0, 0.1) is 0 Å². The van der Waals surface area contributed by atoms with Gasteiger partial charge in [-0.2, -0.15) is 0 Å². The number of para-hydroxylation sites is 1. The fourth-order valence-corrected chi connectivity index (χ4v) is 5.60. The minimum Gasteiger partial charge on any atom is -0.457 e. The Morgan fingerprint density at radius 1 is 0.714 bits per heavy atom. The van der Waals surface area contributed by atoms with Crippen LogP contribution in [-0.2, 0) is 4.79 Å². The summed E-state index contributed by atoms with van der Waals surface area (Å²) < 4.78 is 6.47. The quantitative estimate of drug-likeness (QED) is 0.223. The molecule has 4 aromatic rings. The van der Waals surface area contributed by atoms with Crippen molar-refractivity contribution in [2.45, 2.75) is 0 Å². The van der Waals surface area contributed by atoms with Crippen molar-refractivity contribution in [3.8, 4) is 11.3 Å². The van der Waals surface area contributed by atoms with Gasteiger partial charge < -0.3 is 4.42 Å². The number of thiocarbonyl (C=S) groups is 1. The largest absolute Gasteiger partial charge is 0.457 e. The van der Waals surface area contributed by atoms with Gasteiger partial charge in [0, 0.05) is 33.9 Å². The first-order chi connectivity index (χ1) is 17.0. The Balaban J connectivity index is 1.36. The third kappa shape index (κ3) is 3.48. The molecule has 2 heterocycles. The number of hydrogen-bond acceptors (Lipinski definition) is 6. The van der Waals surface area contributed by atoms with Gasteiger partial charge in [-0.3, -0.25) is 19.3 Å². The number of benzene rings is 3. The van der Waals surface area contributed by atoms with Crippen LogP contribution in [0.4, 0.5) is 5.69 Å². The fraction of sp³-hybridized carbons (Fsp3) is 0. The predicted molar refractivity (Wildman–Crippen MR) is 140 cm³/mol. The molecule has 0 bridgehead atoms. The third-order valence-corrected chi connectivity index (χ3v) is 7.23. The van der Waals surface area contributed by atoms with Gasteiger partial charge in [0.25, 0.3) is 5.91 Å². The van der Waals surface area contributed by atoms with E-state index in [1.165, 1.54) is 16.7 Å². The molecule has 1 aliphatic carbocycles. The number of amides is 1. The number of furan rings is 1. The molecule has 0 unspecified atom stereocenters. The zero-order chi connectivity index (χ0) is 24.1. The van der Waals surface area contributed by atoms with E-state index in [1.807, 2.05) is 30.3 Å². The van der Waals surface area contributed by atoms with Gasteiger partial charge in [-0.15, -0.1) is 0 Å². The van der Waals surface area contributed by atoms with Crippen molar-refractivity contribution in [1.82, 2.24) is 0 Å². The molecule has 5 nitrogen and oxygen atoms in total. The van der Waals surface area contributed by atoms with Crippen LogP contribution < -0.4 is 4.90 Å². The summed E-state index contributed by atoms with van der Waals surface area (Å²) in [5, 5.41) is 0. The van der Waals surface area contributed by atoms with E-state index in [1.54, 1.807) is 60.7 Å². The average Bonchev–Trinajstić information content (AvgIpc) is 3.46. The van der Waals surface area contributed by atoms with Crippen molar-refractivity contribution in [3.63, 3.8) is 0 Å². The summed E-state index contributed by atoms with van der Waals surface area (Å²) in [4.78, 5) is 41.3. The molecule has 0 saturated carbocycles. The Morgan fingerprint density at radius 3 is 2.14 bits per heavy atom. The average molecular weight is 494 g/mol. The minimum absolute atomic E-state index is 0.187. The molecule has 0 atom stereocenters. The SMILES string of the molecule is O=C1c2ccccc2C(=O)c2c1cccc2-c1ccc(C=C2SC(=S)N(c3ccccc3)C2=O)o1. The molecule has 168 valence electrons. The van der Waals surface area contributed by atoms with E-state index in [4.69, 9.17) is 16.6 Å². The standard InChI is InChI=1S/C28H15NO4S2/c30-25-18-9-4-5-10-19(18)26(31)24-20(11-6-12-21(24)25)22-14-13-17(33-22)15-23-27(32)29(28(34)35-23)16-7-2-1-3-8-16/h1-15H. The second-order valence-corrected chi connectivity index (χ2v) is 9.66. The number of ketones is 2. The van der Waals surface area contributed by atoms with E-state index >= 15 is 0 Å². The lowest BCUT2D eigenvalue weighted by atomic mass is 9.81. The van der Waals surface area contributed by atoms with Gasteiger partial charge in [-0.25, -0.2) is 0 Å². The van der Waals surface area contributed by atoms with Crippen molar-refractivity contribution in [3.05, 3.63) is 118 Å². The van der Waals surface area contributed by atoms with E-state index in [0.717, 1.165) is 0 Å². The van der Waals surface area contributed by atoms with Gasteiger partial charge >= 0.3 is 0 Å². The second kappa shape index (κ2) is 8.30. The Labute approximate surface area is 210 Å². The van der Waals surface area contributed by atoms with E-state index in [0.29, 0.717) is 54.3 Å². The Morgan fingerprint density at radius 2 is 1.37 bits per heavy atom. The number of hydrogen-bond donors (Lipinski definition) is 0. The summed E-state index contributed by atoms with van der Waals surface area (Å²) in [6, 6.07) is 24.7. The zero-order valence-corrected chi connectivity index (χ0v) is 19.7. The molecule has 6 rings (SSSR count). The number of carbonyl (C=O) groups excluding carboxylic acids is 3. The molecule has 0 radical (unpaired) electrons. The molecular formula is C28H15NO4S2. The molecule has 0 spiro atoms. The van der Waals surface area contributed by atoms with Crippen molar-refractivity contribution in [2.24, 2.45) is 0 Å². The molecule has 1 amide bonds. The van der Waals surface area contributed by atoms with E-state index in [9.17, 15) is 14.4 Å². The Kier molecular flexibility index (Phi) is 5.09. The number of anilines is 1. The summed E-state index contributed by atoms with van der Waals surface area (Å²) >= 11 is 6.63. The van der Waals surface area contributed by atoms with Gasteiger partial charge in [0.1, 0.15) is 11.5 Å². The predicted octanol–water partition coefficient (Wildman–Crippen LogP) is 6.13. The lowest BCUT2D eigenvalue weighted by Crippen LogP contribution is -2.27. The number of thioether (sulfide) groups is 1. The lowest BCUT2D eigenvalue weighted by molar-refractivity contribution is -0.113. The first-order valence-corrected chi connectivity index (χ1v) is 12.0. The van der Waals surface area contributed by atoms with Crippen LogP contribution in [0.3, 0.4) is 0 Å². The molecule has 1 fully saturated rings. The molecule has 35 heavy (non-hydrogen) atoms.